The van der Waals surface area contributed by atoms with Crippen LogP contribution in [0.25, 0.3) is 0 Å². The van der Waals surface area contributed by atoms with E-state index >= 15 is 0 Å². The van der Waals surface area contributed by atoms with Crippen LogP contribution in [0.4, 0.5) is 11.4 Å². The molecule has 8 heteroatoms. The maximum Gasteiger partial charge on any atom is 0.265 e. The summed E-state index contributed by atoms with van der Waals surface area (Å²) in [7, 11) is 0. The molecule has 0 saturated carbocycles. The molecular formula is C22H26N4O4. The average Bonchev–Trinajstić information content (AvgIpc) is 2.75. The lowest BCUT2D eigenvalue weighted by Crippen LogP contribution is -2.44. The Kier molecular flexibility index (Phi) is 7.03. The highest BCUT2D eigenvalue weighted by molar-refractivity contribution is 6.02. The fourth-order valence-electron chi connectivity index (χ4n) is 3.27. The van der Waals surface area contributed by atoms with E-state index in [1.165, 1.54) is 4.90 Å². The number of nitrogens with one attached hydrogen (secondary N) is 1. The molecule has 2 aromatic rings. The number of rotatable bonds is 8. The Bertz CT molecular complexity index is 944. The van der Waals surface area contributed by atoms with Crippen LogP contribution in [0, 0.1) is 6.92 Å². The first kappa shape index (κ1) is 21.3. The largest absolute Gasteiger partial charge is 0.482 e. The van der Waals surface area contributed by atoms with Crippen LogP contribution in [0.15, 0.2) is 47.6 Å². The Hall–Kier alpha value is -3.39. The van der Waals surface area contributed by atoms with Gasteiger partial charge in [0.25, 0.3) is 11.8 Å². The molecule has 30 heavy (non-hydrogen) atoms. The van der Waals surface area contributed by atoms with Gasteiger partial charge in [-0.15, -0.1) is 0 Å². The molecule has 2 aromatic carbocycles. The highest BCUT2D eigenvalue weighted by atomic mass is 16.5. The summed E-state index contributed by atoms with van der Waals surface area (Å²) >= 11 is 0. The third-order valence-electron chi connectivity index (χ3n) is 4.87. The molecule has 1 aliphatic heterocycles. The number of carbonyl (C=O) groups is 2. The van der Waals surface area contributed by atoms with E-state index in [1.54, 1.807) is 24.4 Å². The van der Waals surface area contributed by atoms with Crippen molar-refractivity contribution in [2.75, 3.05) is 42.6 Å². The smallest absolute Gasteiger partial charge is 0.265 e. The molecule has 0 spiro atoms. The number of ether oxygens (including phenoxy) is 1. The van der Waals surface area contributed by atoms with Gasteiger partial charge in [0.05, 0.1) is 18.5 Å². The predicted octanol–water partition coefficient (Wildman–Crippen LogP) is 1.69. The number of hydrogen-bond acceptors (Lipinski definition) is 6. The van der Waals surface area contributed by atoms with Gasteiger partial charge in [0.15, 0.2) is 6.61 Å². The van der Waals surface area contributed by atoms with Gasteiger partial charge in [-0.1, -0.05) is 18.2 Å². The third kappa shape index (κ3) is 4.96. The van der Waals surface area contributed by atoms with Crippen LogP contribution in [0.5, 0.6) is 5.75 Å². The summed E-state index contributed by atoms with van der Waals surface area (Å²) in [6.45, 7) is 5.23. The number of para-hydroxylation sites is 2. The lowest BCUT2D eigenvalue weighted by atomic mass is 10.1. The molecule has 8 nitrogen and oxygen atoms in total. The molecule has 0 radical (unpaired) electrons. The van der Waals surface area contributed by atoms with E-state index in [9.17, 15) is 14.7 Å². The summed E-state index contributed by atoms with van der Waals surface area (Å²) in [6.07, 6.45) is 1.58. The van der Waals surface area contributed by atoms with Crippen molar-refractivity contribution >= 4 is 29.4 Å². The summed E-state index contributed by atoms with van der Waals surface area (Å²) in [5, 5.41) is 13.2. The van der Waals surface area contributed by atoms with E-state index in [-0.39, 0.29) is 25.7 Å². The maximum absolute atomic E-state index is 12.3. The standard InChI is InChI=1S/C22H26N4O4/c1-3-25(10-11-27)18-9-8-17(16(2)12-18)13-23-24-21(28)14-26-19-6-4-5-7-20(19)30-15-22(26)29/h4-9,12-13,27H,3,10-11,14-15H2,1-2H3,(H,24,28)/b23-13-. The van der Waals surface area contributed by atoms with Crippen molar-refractivity contribution in [2.24, 2.45) is 5.10 Å². The van der Waals surface area contributed by atoms with Crippen molar-refractivity contribution < 1.29 is 19.4 Å². The highest BCUT2D eigenvalue weighted by Crippen LogP contribution is 2.31. The van der Waals surface area contributed by atoms with Crippen LogP contribution in [0.1, 0.15) is 18.1 Å². The van der Waals surface area contributed by atoms with Crippen molar-refractivity contribution in [3.05, 3.63) is 53.6 Å². The van der Waals surface area contributed by atoms with Crippen LogP contribution < -0.4 is 20.0 Å². The van der Waals surface area contributed by atoms with E-state index in [2.05, 4.69) is 15.4 Å². The van der Waals surface area contributed by atoms with Gasteiger partial charge in [0.1, 0.15) is 12.3 Å². The summed E-state index contributed by atoms with van der Waals surface area (Å²) < 4.78 is 5.38. The second-order valence-electron chi connectivity index (χ2n) is 6.87. The molecule has 0 bridgehead atoms. The van der Waals surface area contributed by atoms with E-state index in [0.717, 1.165) is 23.4 Å². The van der Waals surface area contributed by atoms with Crippen molar-refractivity contribution in [1.82, 2.24) is 5.43 Å². The lowest BCUT2D eigenvalue weighted by Gasteiger charge is -2.28. The number of carbonyl (C=O) groups excluding carboxylic acids is 2. The Morgan fingerprint density at radius 2 is 2.13 bits per heavy atom. The first-order valence-electron chi connectivity index (χ1n) is 9.84. The Morgan fingerprint density at radius 1 is 1.33 bits per heavy atom. The summed E-state index contributed by atoms with van der Waals surface area (Å²) in [4.78, 5) is 27.9. The Labute approximate surface area is 175 Å². The normalized spacial score (nSPS) is 13.2. The molecule has 0 aliphatic carbocycles. The number of hydrogen-bond donors (Lipinski definition) is 2. The molecular weight excluding hydrogens is 384 g/mol. The first-order chi connectivity index (χ1) is 14.5. The van der Waals surface area contributed by atoms with Gasteiger partial charge in [-0.25, -0.2) is 5.43 Å². The minimum absolute atomic E-state index is 0.0931. The molecule has 0 saturated heterocycles. The van der Waals surface area contributed by atoms with Gasteiger partial charge in [-0.2, -0.15) is 5.10 Å². The van der Waals surface area contributed by atoms with Gasteiger partial charge in [-0.3, -0.25) is 14.5 Å². The molecule has 0 atom stereocenters. The number of aryl methyl sites for hydroxylation is 1. The summed E-state index contributed by atoms with van der Waals surface area (Å²) in [5.74, 6) is -0.0975. The highest BCUT2D eigenvalue weighted by Gasteiger charge is 2.26. The van der Waals surface area contributed by atoms with Gasteiger partial charge < -0.3 is 14.7 Å². The first-order valence-corrected chi connectivity index (χ1v) is 9.84. The van der Waals surface area contributed by atoms with Crippen molar-refractivity contribution in [1.29, 1.82) is 0 Å². The zero-order chi connectivity index (χ0) is 21.5. The number of nitrogens with zero attached hydrogens (tertiary/aromatic N) is 3. The zero-order valence-corrected chi connectivity index (χ0v) is 17.2. The number of benzene rings is 2. The number of hydrazone groups is 1. The molecule has 0 aromatic heterocycles. The molecule has 0 fully saturated rings. The van der Waals surface area contributed by atoms with Crippen LogP contribution in [0.2, 0.25) is 0 Å². The molecule has 3 rings (SSSR count). The average molecular weight is 410 g/mol. The maximum atomic E-state index is 12.3. The number of aliphatic hydroxyl groups excluding tert-OH is 1. The van der Waals surface area contributed by atoms with Crippen LogP contribution >= 0.6 is 0 Å². The van der Waals surface area contributed by atoms with Gasteiger partial charge in [0.2, 0.25) is 0 Å². The lowest BCUT2D eigenvalue weighted by molar-refractivity contribution is -0.125. The van der Waals surface area contributed by atoms with Crippen LogP contribution in [-0.4, -0.2) is 56.0 Å². The van der Waals surface area contributed by atoms with Crippen LogP contribution in [0.3, 0.4) is 0 Å². The van der Waals surface area contributed by atoms with Crippen molar-refractivity contribution in [3.8, 4) is 5.75 Å². The Morgan fingerprint density at radius 3 is 2.87 bits per heavy atom. The van der Waals surface area contributed by atoms with Crippen LogP contribution in [-0.2, 0) is 9.59 Å². The van der Waals surface area contributed by atoms with E-state index < -0.39 is 5.91 Å². The number of likely N-dealkylation sites (N-methyl/N-ethyl adjacent to an activating group) is 1. The SMILES string of the molecule is CCN(CCO)c1ccc(/C=N\NC(=O)CN2C(=O)COc3ccccc32)c(C)c1. The van der Waals surface area contributed by atoms with Gasteiger partial charge in [0, 0.05) is 18.8 Å². The quantitative estimate of drug-likeness (QED) is 0.510. The third-order valence-corrected chi connectivity index (χ3v) is 4.87. The van der Waals surface area contributed by atoms with Crippen molar-refractivity contribution in [3.63, 3.8) is 0 Å². The van der Waals surface area contributed by atoms with Gasteiger partial charge >= 0.3 is 0 Å². The molecule has 2 amide bonds. The second-order valence-corrected chi connectivity index (χ2v) is 6.87. The fourth-order valence-corrected chi connectivity index (χ4v) is 3.27. The van der Waals surface area contributed by atoms with E-state index in [4.69, 9.17) is 4.74 Å². The zero-order valence-electron chi connectivity index (χ0n) is 17.2. The predicted molar refractivity (Wildman–Crippen MR) is 116 cm³/mol. The molecule has 1 heterocycles. The number of anilines is 2. The van der Waals surface area contributed by atoms with Gasteiger partial charge in [-0.05, 0) is 49.2 Å². The molecule has 158 valence electrons. The minimum atomic E-state index is -0.398. The number of fused-ring (bicyclic) bond motifs is 1. The number of amides is 2. The molecule has 0 unspecified atom stereocenters. The molecule has 1 aliphatic rings. The monoisotopic (exact) mass is 410 g/mol. The van der Waals surface area contributed by atoms with E-state index in [1.807, 2.05) is 38.1 Å². The second kappa shape index (κ2) is 9.89. The topological polar surface area (TPSA) is 94.5 Å². The molecule has 2 N–H and O–H groups in total. The van der Waals surface area contributed by atoms with Crippen molar-refractivity contribution in [2.45, 2.75) is 13.8 Å². The number of aliphatic hydroxyl groups is 1. The summed E-state index contributed by atoms with van der Waals surface area (Å²) in [6, 6.07) is 13.0. The summed E-state index contributed by atoms with van der Waals surface area (Å²) in [5.41, 5.74) is 5.94. The van der Waals surface area contributed by atoms with E-state index in [0.29, 0.717) is 18.0 Å². The fraction of sp³-hybridized carbons (Fsp3) is 0.318. The Balaban J connectivity index is 1.62. The minimum Gasteiger partial charge on any atom is -0.482 e.